The van der Waals surface area contributed by atoms with Gasteiger partial charge in [0, 0.05) is 19.0 Å². The molecule has 230 valence electrons. The molecule has 3 aromatic rings. The van der Waals surface area contributed by atoms with Crippen LogP contribution in [0.4, 0.5) is 18.9 Å². The molecule has 0 aromatic heterocycles. The average molecular weight is 636 g/mol. The summed E-state index contributed by atoms with van der Waals surface area (Å²) in [6, 6.07) is 19.6. The molecular weight excluding hydrogens is 603 g/mol. The third-order valence-corrected chi connectivity index (χ3v) is 8.86. The quantitative estimate of drug-likeness (QED) is 0.288. The number of carbonyl (C=O) groups is 2. The Hall–Kier alpha value is -3.57. The van der Waals surface area contributed by atoms with Gasteiger partial charge in [-0.25, -0.2) is 8.42 Å². The molecule has 1 fully saturated rings. The number of hydrogen-bond acceptors (Lipinski definition) is 4. The highest BCUT2D eigenvalue weighted by molar-refractivity contribution is 7.92. The largest absolute Gasteiger partial charge is 0.417 e. The van der Waals surface area contributed by atoms with Gasteiger partial charge in [0.15, 0.2) is 0 Å². The molecular formula is C31H33ClF3N3O4S. The lowest BCUT2D eigenvalue weighted by Gasteiger charge is -2.34. The highest BCUT2D eigenvalue weighted by Gasteiger charge is 2.37. The molecule has 0 bridgehead atoms. The number of sulfonamides is 1. The molecule has 12 heteroatoms. The SMILES string of the molecule is CS(=O)(=O)N(CC(=O)N(Cc1ccccc1)[C@@H](Cc1ccccc1)C(=O)NC1CCCC1)c1ccc(Cl)c(C(F)(F)F)c1. The fourth-order valence-electron chi connectivity index (χ4n) is 5.20. The van der Waals surface area contributed by atoms with E-state index in [9.17, 15) is 31.2 Å². The summed E-state index contributed by atoms with van der Waals surface area (Å²) in [6.07, 6.45) is -0.310. The van der Waals surface area contributed by atoms with Crippen molar-refractivity contribution in [3.63, 3.8) is 0 Å². The normalized spacial score (nSPS) is 14.7. The van der Waals surface area contributed by atoms with Crippen molar-refractivity contribution in [1.29, 1.82) is 0 Å². The number of nitrogens with one attached hydrogen (secondary N) is 1. The molecule has 1 N–H and O–H groups in total. The lowest BCUT2D eigenvalue weighted by molar-refractivity contribution is -0.140. The van der Waals surface area contributed by atoms with E-state index in [4.69, 9.17) is 11.6 Å². The Bertz CT molecular complexity index is 1520. The minimum absolute atomic E-state index is 0.0265. The van der Waals surface area contributed by atoms with Crippen LogP contribution in [0.25, 0.3) is 0 Å². The number of amides is 2. The molecule has 1 saturated carbocycles. The van der Waals surface area contributed by atoms with Crippen LogP contribution in [-0.2, 0) is 38.8 Å². The van der Waals surface area contributed by atoms with Crippen molar-refractivity contribution in [2.75, 3.05) is 17.1 Å². The van der Waals surface area contributed by atoms with Gasteiger partial charge in [0.2, 0.25) is 21.8 Å². The monoisotopic (exact) mass is 635 g/mol. The van der Waals surface area contributed by atoms with Gasteiger partial charge in [-0.05, 0) is 42.2 Å². The molecule has 1 aliphatic rings. The van der Waals surface area contributed by atoms with E-state index in [1.807, 2.05) is 30.3 Å². The van der Waals surface area contributed by atoms with Crippen LogP contribution in [-0.4, -0.2) is 50.0 Å². The first-order valence-electron chi connectivity index (χ1n) is 13.8. The Morgan fingerprint density at radius 2 is 1.53 bits per heavy atom. The predicted octanol–water partition coefficient (Wildman–Crippen LogP) is 5.82. The molecule has 0 radical (unpaired) electrons. The molecule has 0 unspecified atom stereocenters. The van der Waals surface area contributed by atoms with Crippen LogP contribution >= 0.6 is 11.6 Å². The van der Waals surface area contributed by atoms with Crippen molar-refractivity contribution >= 4 is 39.1 Å². The van der Waals surface area contributed by atoms with Gasteiger partial charge < -0.3 is 10.2 Å². The smallest absolute Gasteiger partial charge is 0.352 e. The highest BCUT2D eigenvalue weighted by Crippen LogP contribution is 2.37. The summed E-state index contributed by atoms with van der Waals surface area (Å²) in [5, 5.41) is 2.46. The molecule has 1 aliphatic carbocycles. The number of carbonyl (C=O) groups excluding carboxylic acids is 2. The van der Waals surface area contributed by atoms with Crippen LogP contribution in [0.1, 0.15) is 42.4 Å². The third kappa shape index (κ3) is 8.73. The first kappa shape index (κ1) is 32.3. The second kappa shape index (κ2) is 13.8. The topological polar surface area (TPSA) is 86.8 Å². The van der Waals surface area contributed by atoms with E-state index in [0.29, 0.717) is 15.9 Å². The van der Waals surface area contributed by atoms with Crippen LogP contribution < -0.4 is 9.62 Å². The van der Waals surface area contributed by atoms with Gasteiger partial charge in [0.05, 0.1) is 22.5 Å². The number of hydrogen-bond donors (Lipinski definition) is 1. The Labute approximate surface area is 254 Å². The summed E-state index contributed by atoms with van der Waals surface area (Å²) in [4.78, 5) is 29.2. The molecule has 7 nitrogen and oxygen atoms in total. The second-order valence-electron chi connectivity index (χ2n) is 10.6. The van der Waals surface area contributed by atoms with Crippen LogP contribution in [0.5, 0.6) is 0 Å². The summed E-state index contributed by atoms with van der Waals surface area (Å²) >= 11 is 5.76. The summed E-state index contributed by atoms with van der Waals surface area (Å²) in [7, 11) is -4.24. The molecule has 1 atom stereocenters. The molecule has 0 spiro atoms. The minimum Gasteiger partial charge on any atom is -0.352 e. The van der Waals surface area contributed by atoms with E-state index in [1.165, 1.54) is 4.90 Å². The lowest BCUT2D eigenvalue weighted by Crippen LogP contribution is -2.54. The molecule has 4 rings (SSSR count). The van der Waals surface area contributed by atoms with Crippen molar-refractivity contribution in [3.05, 3.63) is 101 Å². The number of nitrogens with zero attached hydrogens (tertiary/aromatic N) is 2. The Balaban J connectivity index is 1.74. The maximum absolute atomic E-state index is 14.1. The van der Waals surface area contributed by atoms with Crippen LogP contribution in [0, 0.1) is 0 Å². The number of alkyl halides is 3. The van der Waals surface area contributed by atoms with Gasteiger partial charge in [-0.1, -0.05) is 85.1 Å². The molecule has 3 aromatic carbocycles. The van der Waals surface area contributed by atoms with E-state index in [1.54, 1.807) is 30.3 Å². The molecule has 0 heterocycles. The summed E-state index contributed by atoms with van der Waals surface area (Å²) in [5.41, 5.74) is -0.124. The average Bonchev–Trinajstić information content (AvgIpc) is 3.47. The van der Waals surface area contributed by atoms with Gasteiger partial charge in [0.25, 0.3) is 0 Å². The number of halogens is 4. The fraction of sp³-hybridized carbons (Fsp3) is 0.355. The lowest BCUT2D eigenvalue weighted by atomic mass is 10.0. The third-order valence-electron chi connectivity index (χ3n) is 7.39. The Morgan fingerprint density at radius 1 is 0.953 bits per heavy atom. The summed E-state index contributed by atoms with van der Waals surface area (Å²) in [6.45, 7) is -0.853. The van der Waals surface area contributed by atoms with Crippen LogP contribution in [0.2, 0.25) is 5.02 Å². The molecule has 2 amide bonds. The number of anilines is 1. The zero-order valence-corrected chi connectivity index (χ0v) is 25.1. The van der Waals surface area contributed by atoms with E-state index < -0.39 is 45.3 Å². The van der Waals surface area contributed by atoms with Crippen molar-refractivity contribution in [1.82, 2.24) is 10.2 Å². The van der Waals surface area contributed by atoms with E-state index >= 15 is 0 Å². The van der Waals surface area contributed by atoms with Gasteiger partial charge in [-0.15, -0.1) is 0 Å². The zero-order valence-electron chi connectivity index (χ0n) is 23.6. The highest BCUT2D eigenvalue weighted by atomic mass is 35.5. The van der Waals surface area contributed by atoms with Crippen LogP contribution in [0.3, 0.4) is 0 Å². The number of rotatable bonds is 11. The zero-order chi connectivity index (χ0) is 31.2. The van der Waals surface area contributed by atoms with Crippen molar-refractivity contribution < 1.29 is 31.2 Å². The van der Waals surface area contributed by atoms with Gasteiger partial charge in [0.1, 0.15) is 12.6 Å². The van der Waals surface area contributed by atoms with Gasteiger partial charge in [-0.2, -0.15) is 13.2 Å². The summed E-state index contributed by atoms with van der Waals surface area (Å²) in [5.74, 6) is -1.13. The van der Waals surface area contributed by atoms with Gasteiger partial charge in [-0.3, -0.25) is 13.9 Å². The predicted molar refractivity (Wildman–Crippen MR) is 160 cm³/mol. The standard InChI is InChI=1S/C31H33ClF3N3O4S/c1-43(41,42)38(25-16-17-27(32)26(19-25)31(33,34)35)21-29(39)37(20-23-12-6-3-7-13-23)28(18-22-10-4-2-5-11-22)30(40)36-24-14-8-9-15-24/h2-7,10-13,16-17,19,24,28H,8-9,14-15,18,20-21H2,1H3,(H,36,40)/t28-/m0/s1. The maximum atomic E-state index is 14.1. The molecule has 0 aliphatic heterocycles. The fourth-order valence-corrected chi connectivity index (χ4v) is 6.27. The Morgan fingerprint density at radius 3 is 2.09 bits per heavy atom. The maximum Gasteiger partial charge on any atom is 0.417 e. The second-order valence-corrected chi connectivity index (χ2v) is 12.9. The van der Waals surface area contributed by atoms with Crippen LogP contribution in [0.15, 0.2) is 78.9 Å². The van der Waals surface area contributed by atoms with E-state index in [-0.39, 0.29) is 30.6 Å². The van der Waals surface area contributed by atoms with Crippen molar-refractivity contribution in [2.24, 2.45) is 0 Å². The first-order chi connectivity index (χ1) is 20.3. The number of benzene rings is 3. The first-order valence-corrected chi connectivity index (χ1v) is 16.1. The van der Waals surface area contributed by atoms with E-state index in [2.05, 4.69) is 5.32 Å². The van der Waals surface area contributed by atoms with Gasteiger partial charge >= 0.3 is 6.18 Å². The molecule has 0 saturated heterocycles. The minimum atomic E-state index is -4.85. The van der Waals surface area contributed by atoms with Crippen molar-refractivity contribution in [2.45, 2.75) is 56.9 Å². The van der Waals surface area contributed by atoms with Crippen molar-refractivity contribution in [3.8, 4) is 0 Å². The Kier molecular flexibility index (Phi) is 10.4. The summed E-state index contributed by atoms with van der Waals surface area (Å²) < 4.78 is 67.2. The molecule has 43 heavy (non-hydrogen) atoms. The van der Waals surface area contributed by atoms with E-state index in [0.717, 1.165) is 49.6 Å².